The summed E-state index contributed by atoms with van der Waals surface area (Å²) >= 11 is 23.5. The minimum atomic E-state index is -0.655. The van der Waals surface area contributed by atoms with Crippen LogP contribution in [0.3, 0.4) is 0 Å². The Morgan fingerprint density at radius 1 is 0.612 bits per heavy atom. The smallest absolute Gasteiger partial charge is 0.358 e. The van der Waals surface area contributed by atoms with E-state index in [1.165, 1.54) is 22.9 Å². The number of ether oxygens (including phenoxy) is 2. The number of nitrogen functional groups attached to an aromatic ring is 2. The molecule has 0 unspecified atom stereocenters. The van der Waals surface area contributed by atoms with Crippen LogP contribution in [0.1, 0.15) is 57.6 Å². The molecule has 0 atom stereocenters. The van der Waals surface area contributed by atoms with Gasteiger partial charge in [-0.3, -0.25) is 20.2 Å². The van der Waals surface area contributed by atoms with Gasteiger partial charge in [0.05, 0.1) is 72.5 Å². The Balaban J connectivity index is 0.000000199. The molecule has 24 heteroatoms. The summed E-state index contributed by atoms with van der Waals surface area (Å²) in [6.07, 6.45) is 0. The van der Waals surface area contributed by atoms with Crippen molar-refractivity contribution in [2.45, 2.75) is 41.2 Å². The number of nitro benzene ring substituents is 2. The number of carbonyl (C=O) groups excluding carboxylic acids is 2. The first-order valence-corrected chi connectivity index (χ1v) is 21.0. The largest absolute Gasteiger partial charge is 0.461 e. The van der Waals surface area contributed by atoms with Crippen LogP contribution in [0.5, 0.6) is 0 Å². The van der Waals surface area contributed by atoms with Crippen LogP contribution < -0.4 is 11.5 Å². The molecule has 3 aromatic heterocycles. The Labute approximate surface area is 401 Å². The quantitative estimate of drug-likeness (QED) is 0.0498. The van der Waals surface area contributed by atoms with Gasteiger partial charge >= 0.3 is 11.9 Å². The van der Waals surface area contributed by atoms with Crippen molar-refractivity contribution >= 4 is 81.1 Å². The number of non-ortho nitro benzene ring substituents is 2. The molecule has 0 aliphatic carbocycles. The minimum absolute atomic E-state index is 0.0829. The molecular formula is C43H41Cl4FN10O9. The van der Waals surface area contributed by atoms with Crippen molar-refractivity contribution < 1.29 is 38.4 Å². The van der Waals surface area contributed by atoms with Crippen molar-refractivity contribution in [3.8, 4) is 17.1 Å². The maximum Gasteiger partial charge on any atom is 0.358 e. The van der Waals surface area contributed by atoms with Crippen molar-refractivity contribution in [1.82, 2.24) is 29.3 Å². The highest BCUT2D eigenvalue weighted by Gasteiger charge is 2.19. The Kier molecular flexibility index (Phi) is 18.7. The number of carbonyl (C=O) groups is 2. The fourth-order valence-corrected chi connectivity index (χ4v) is 6.64. The van der Waals surface area contributed by atoms with Crippen LogP contribution in [0.2, 0.25) is 20.1 Å². The molecule has 0 aliphatic heterocycles. The molecule has 7 rings (SSSR count). The number of esters is 2. The number of aliphatic hydroxyl groups is 1. The predicted octanol–water partition coefficient (Wildman–Crippen LogP) is 9.81. The first-order valence-electron chi connectivity index (χ1n) is 19.5. The molecule has 0 fully saturated rings. The minimum Gasteiger partial charge on any atom is -0.461 e. The van der Waals surface area contributed by atoms with Crippen molar-refractivity contribution in [1.29, 1.82) is 0 Å². The first kappa shape index (κ1) is 52.5. The third kappa shape index (κ3) is 14.0. The number of aliphatic hydroxyl groups excluding tert-OH is 1. The lowest BCUT2D eigenvalue weighted by atomic mass is 10.3. The summed E-state index contributed by atoms with van der Waals surface area (Å²) in [5, 5.41) is 43.3. The molecule has 3 heterocycles. The average Bonchev–Trinajstić information content (AvgIpc) is 3.98. The van der Waals surface area contributed by atoms with Gasteiger partial charge in [0.1, 0.15) is 5.82 Å². The van der Waals surface area contributed by atoms with E-state index in [9.17, 15) is 34.2 Å². The van der Waals surface area contributed by atoms with E-state index in [0.29, 0.717) is 50.8 Å². The second kappa shape index (κ2) is 23.9. The summed E-state index contributed by atoms with van der Waals surface area (Å²) < 4.78 is 26.9. The van der Waals surface area contributed by atoms with Crippen LogP contribution in [0, 0.1) is 46.8 Å². The predicted molar refractivity (Wildman–Crippen MR) is 251 cm³/mol. The third-order valence-corrected chi connectivity index (χ3v) is 9.93. The van der Waals surface area contributed by atoms with Gasteiger partial charge in [-0.15, -0.1) is 0 Å². The lowest BCUT2D eigenvalue weighted by molar-refractivity contribution is -0.385. The van der Waals surface area contributed by atoms with E-state index in [1.807, 2.05) is 19.9 Å². The standard InChI is InChI=1S/C13H12ClN3O4.C13H14ClN3O2.C11H12ClN3O.C6H3ClFNO2/c1-3-21-13(18)11-6-8(2)16(15-11)12-5-4-9(17(19)20)7-10(12)14;1-3-19-13(18)11-6-8(2)17(16-11)12-5-4-9(15)7-10(12)14;1-7-4-9(6-16)14-15(7)11-3-2-8(13)5-10(11)12;7-5-3-4(9(10)11)1-2-6(5)8/h4-7H,3H2,1-2H3;4-7H,3,15H2,1-2H3;2-5,16H,6,13H2,1H3;1-3H. The number of nitro groups is 2. The molecule has 7 aromatic rings. The molecule has 4 aromatic carbocycles. The number of nitrogens with zero attached hydrogens (tertiary/aromatic N) is 8. The van der Waals surface area contributed by atoms with Crippen LogP contribution in [0.4, 0.5) is 27.1 Å². The molecule has 67 heavy (non-hydrogen) atoms. The number of hydrogen-bond donors (Lipinski definition) is 3. The first-order chi connectivity index (χ1) is 31.7. The summed E-state index contributed by atoms with van der Waals surface area (Å²) in [6.45, 7) is 9.42. The van der Waals surface area contributed by atoms with Gasteiger partial charge < -0.3 is 26.0 Å². The van der Waals surface area contributed by atoms with Gasteiger partial charge in [0.25, 0.3) is 11.4 Å². The lowest BCUT2D eigenvalue weighted by Gasteiger charge is -2.07. The molecular weight excluding hydrogens is 961 g/mol. The van der Waals surface area contributed by atoms with Gasteiger partial charge in [-0.25, -0.2) is 28.0 Å². The van der Waals surface area contributed by atoms with Gasteiger partial charge in [-0.05, 0) is 101 Å². The molecule has 5 N–H and O–H groups in total. The summed E-state index contributed by atoms with van der Waals surface area (Å²) in [5.74, 6) is -1.63. The number of anilines is 2. The number of aromatic nitrogens is 6. The highest BCUT2D eigenvalue weighted by atomic mass is 35.5. The van der Waals surface area contributed by atoms with E-state index in [2.05, 4.69) is 15.3 Å². The number of rotatable bonds is 10. The topological polar surface area (TPSA) is 265 Å². The number of aryl methyl sites for hydroxylation is 3. The second-order valence-electron chi connectivity index (χ2n) is 13.6. The molecule has 0 saturated heterocycles. The Morgan fingerprint density at radius 3 is 1.34 bits per heavy atom. The van der Waals surface area contributed by atoms with Crippen LogP contribution in [0.15, 0.2) is 91.0 Å². The van der Waals surface area contributed by atoms with Gasteiger partial charge in [-0.2, -0.15) is 15.3 Å². The molecule has 19 nitrogen and oxygen atoms in total. The van der Waals surface area contributed by atoms with E-state index in [-0.39, 0.29) is 46.0 Å². The Bertz CT molecular complexity index is 2920. The highest BCUT2D eigenvalue weighted by Crippen LogP contribution is 2.28. The van der Waals surface area contributed by atoms with Crippen LogP contribution in [0.25, 0.3) is 17.1 Å². The monoisotopic (exact) mass is 1000 g/mol. The zero-order valence-electron chi connectivity index (χ0n) is 36.1. The second-order valence-corrected chi connectivity index (χ2v) is 15.3. The zero-order chi connectivity index (χ0) is 49.7. The van der Waals surface area contributed by atoms with Gasteiger partial charge in [0.15, 0.2) is 11.4 Å². The molecule has 0 saturated carbocycles. The van der Waals surface area contributed by atoms with Crippen LogP contribution in [-0.4, -0.2) is 69.4 Å². The summed E-state index contributed by atoms with van der Waals surface area (Å²) in [6, 6.07) is 22.4. The van der Waals surface area contributed by atoms with E-state index in [4.69, 9.17) is 72.5 Å². The Hall–Kier alpha value is -7.10. The molecule has 0 spiro atoms. The van der Waals surface area contributed by atoms with E-state index < -0.39 is 27.6 Å². The normalized spacial score (nSPS) is 10.4. The van der Waals surface area contributed by atoms with Crippen molar-refractivity contribution in [3.63, 3.8) is 0 Å². The maximum atomic E-state index is 12.4. The maximum absolute atomic E-state index is 12.4. The highest BCUT2D eigenvalue weighted by molar-refractivity contribution is 6.33. The molecule has 0 amide bonds. The zero-order valence-corrected chi connectivity index (χ0v) is 39.1. The summed E-state index contributed by atoms with van der Waals surface area (Å²) in [7, 11) is 0. The number of halogens is 5. The van der Waals surface area contributed by atoms with Crippen LogP contribution in [-0.2, 0) is 16.1 Å². The van der Waals surface area contributed by atoms with Gasteiger partial charge in [-0.1, -0.05) is 46.4 Å². The van der Waals surface area contributed by atoms with Crippen molar-refractivity contribution in [2.75, 3.05) is 24.7 Å². The summed E-state index contributed by atoms with van der Waals surface area (Å²) in [5.41, 5.74) is 17.4. The van der Waals surface area contributed by atoms with E-state index in [0.717, 1.165) is 35.3 Å². The van der Waals surface area contributed by atoms with E-state index >= 15 is 0 Å². The number of benzene rings is 4. The number of nitrogens with two attached hydrogens (primary N) is 2. The average molecular weight is 1000 g/mol. The Morgan fingerprint density at radius 2 is 0.985 bits per heavy atom. The molecule has 0 radical (unpaired) electrons. The molecule has 352 valence electrons. The fourth-order valence-electron chi connectivity index (χ4n) is 5.68. The fraction of sp³-hybridized carbons (Fsp3) is 0.186. The van der Waals surface area contributed by atoms with Crippen LogP contribution >= 0.6 is 46.4 Å². The molecule has 0 aliphatic rings. The summed E-state index contributed by atoms with van der Waals surface area (Å²) in [4.78, 5) is 42.9. The van der Waals surface area contributed by atoms with E-state index in [1.54, 1.807) is 78.7 Å². The van der Waals surface area contributed by atoms with Crippen molar-refractivity contribution in [3.05, 3.63) is 171 Å². The lowest BCUT2D eigenvalue weighted by Crippen LogP contribution is -2.07. The third-order valence-electron chi connectivity index (χ3n) is 8.73. The SMILES string of the molecule is CCOC(=O)c1cc(C)n(-c2ccc(N)cc2Cl)n1.CCOC(=O)c1cc(C)n(-c2ccc([N+](=O)[O-])cc2Cl)n1.Cc1cc(CO)nn1-c1ccc(N)cc1Cl.O=[N+]([O-])c1ccc(F)c(Cl)c1. The van der Waals surface area contributed by atoms with Crippen molar-refractivity contribution in [2.24, 2.45) is 0 Å². The number of hydrogen-bond acceptors (Lipinski definition) is 14. The van der Waals surface area contributed by atoms with Gasteiger partial charge in [0, 0.05) is 52.7 Å². The van der Waals surface area contributed by atoms with Gasteiger partial charge in [0.2, 0.25) is 0 Å². The molecule has 0 bridgehead atoms.